The van der Waals surface area contributed by atoms with Gasteiger partial charge in [-0.15, -0.1) is 0 Å². The second-order valence-corrected chi connectivity index (χ2v) is 4.58. The van der Waals surface area contributed by atoms with Crippen LogP contribution in [0.3, 0.4) is 0 Å². The second kappa shape index (κ2) is 5.77. The summed E-state index contributed by atoms with van der Waals surface area (Å²) in [7, 11) is 0. The van der Waals surface area contributed by atoms with E-state index in [1.165, 1.54) is 0 Å². The van der Waals surface area contributed by atoms with Crippen LogP contribution in [0.25, 0.3) is 0 Å². The van der Waals surface area contributed by atoms with Crippen LogP contribution in [0, 0.1) is 5.92 Å². The molecule has 2 N–H and O–H groups in total. The molecule has 1 heterocycles. The molecule has 4 heteroatoms. The number of carboxylic acid groups (broad SMARTS) is 1. The Bertz CT molecular complexity index is 367. The van der Waals surface area contributed by atoms with Gasteiger partial charge in [-0.25, -0.2) is 0 Å². The Hall–Kier alpha value is -1.42. The van der Waals surface area contributed by atoms with E-state index in [2.05, 4.69) is 10.3 Å². The zero-order valence-electron chi connectivity index (χ0n) is 9.80. The highest BCUT2D eigenvalue weighted by Crippen LogP contribution is 2.24. The Morgan fingerprint density at radius 3 is 3.00 bits per heavy atom. The molecule has 0 spiro atoms. The van der Waals surface area contributed by atoms with E-state index < -0.39 is 5.97 Å². The Morgan fingerprint density at radius 1 is 1.47 bits per heavy atom. The number of carbonyl (C=O) groups is 1. The summed E-state index contributed by atoms with van der Waals surface area (Å²) in [5.74, 6) is -0.909. The van der Waals surface area contributed by atoms with Gasteiger partial charge in [0.05, 0.1) is 5.92 Å². The highest BCUT2D eigenvalue weighted by Gasteiger charge is 2.30. The maximum atomic E-state index is 11.1. The van der Waals surface area contributed by atoms with E-state index in [4.69, 9.17) is 5.11 Å². The number of hydrogen-bond acceptors (Lipinski definition) is 3. The molecular weight excluding hydrogens is 216 g/mol. The molecule has 0 aromatic carbocycles. The molecule has 1 saturated carbocycles. The van der Waals surface area contributed by atoms with Crippen molar-refractivity contribution in [3.8, 4) is 0 Å². The number of rotatable bonds is 4. The summed E-state index contributed by atoms with van der Waals surface area (Å²) in [5, 5.41) is 12.5. The first-order valence-electron chi connectivity index (χ1n) is 6.12. The zero-order chi connectivity index (χ0) is 12.1. The molecule has 1 fully saturated rings. The molecule has 1 aliphatic carbocycles. The van der Waals surface area contributed by atoms with Crippen LogP contribution in [0.4, 0.5) is 0 Å². The molecule has 1 aromatic rings. The van der Waals surface area contributed by atoms with E-state index in [1.54, 1.807) is 6.20 Å². The van der Waals surface area contributed by atoms with Crippen molar-refractivity contribution in [1.29, 1.82) is 0 Å². The van der Waals surface area contributed by atoms with Crippen LogP contribution in [0.5, 0.6) is 0 Å². The Labute approximate surface area is 101 Å². The van der Waals surface area contributed by atoms with Gasteiger partial charge in [0.1, 0.15) is 0 Å². The summed E-state index contributed by atoms with van der Waals surface area (Å²) in [6.45, 7) is 0.697. The van der Waals surface area contributed by atoms with Gasteiger partial charge in [0.2, 0.25) is 0 Å². The fourth-order valence-electron chi connectivity index (χ4n) is 2.42. The minimum Gasteiger partial charge on any atom is -0.481 e. The summed E-state index contributed by atoms with van der Waals surface area (Å²) in [5.41, 5.74) is 1.10. The molecule has 4 nitrogen and oxygen atoms in total. The van der Waals surface area contributed by atoms with Crippen molar-refractivity contribution in [2.75, 3.05) is 0 Å². The lowest BCUT2D eigenvalue weighted by molar-refractivity contribution is -0.143. The average Bonchev–Trinajstić information content (AvgIpc) is 2.38. The first-order valence-corrected chi connectivity index (χ1v) is 6.12. The van der Waals surface area contributed by atoms with E-state index in [0.29, 0.717) is 6.54 Å². The van der Waals surface area contributed by atoms with Gasteiger partial charge in [0.25, 0.3) is 0 Å². The van der Waals surface area contributed by atoms with Crippen molar-refractivity contribution in [3.63, 3.8) is 0 Å². The maximum Gasteiger partial charge on any atom is 0.308 e. The third-order valence-corrected chi connectivity index (χ3v) is 3.37. The van der Waals surface area contributed by atoms with Crippen molar-refractivity contribution in [2.45, 2.75) is 38.3 Å². The molecule has 0 amide bonds. The molecule has 2 unspecified atom stereocenters. The van der Waals surface area contributed by atoms with Gasteiger partial charge in [0, 0.05) is 25.0 Å². The SMILES string of the molecule is O=C(O)C1CCCCC1NCc1cccnc1. The molecule has 2 rings (SSSR count). The van der Waals surface area contributed by atoms with Crippen LogP contribution < -0.4 is 5.32 Å². The molecule has 0 radical (unpaired) electrons. The number of aromatic nitrogens is 1. The molecule has 1 aromatic heterocycles. The zero-order valence-corrected chi connectivity index (χ0v) is 9.80. The summed E-state index contributed by atoms with van der Waals surface area (Å²) in [4.78, 5) is 15.2. The molecular formula is C13H18N2O2. The average molecular weight is 234 g/mol. The van der Waals surface area contributed by atoms with Crippen LogP contribution in [-0.4, -0.2) is 22.1 Å². The predicted octanol–water partition coefficient (Wildman–Crippen LogP) is 1.81. The van der Waals surface area contributed by atoms with Gasteiger partial charge in [-0.2, -0.15) is 0 Å². The molecule has 0 saturated heterocycles. The number of hydrogen-bond donors (Lipinski definition) is 2. The second-order valence-electron chi connectivity index (χ2n) is 4.58. The molecule has 2 atom stereocenters. The van der Waals surface area contributed by atoms with Crippen molar-refractivity contribution >= 4 is 5.97 Å². The first kappa shape index (κ1) is 12.0. The fraction of sp³-hybridized carbons (Fsp3) is 0.538. The highest BCUT2D eigenvalue weighted by molar-refractivity contribution is 5.71. The van der Waals surface area contributed by atoms with Crippen LogP contribution in [0.1, 0.15) is 31.2 Å². The van der Waals surface area contributed by atoms with E-state index in [-0.39, 0.29) is 12.0 Å². The van der Waals surface area contributed by atoms with Crippen LogP contribution in [0.15, 0.2) is 24.5 Å². The van der Waals surface area contributed by atoms with Gasteiger partial charge in [-0.05, 0) is 24.5 Å². The van der Waals surface area contributed by atoms with Crippen LogP contribution >= 0.6 is 0 Å². The number of nitrogens with one attached hydrogen (secondary N) is 1. The summed E-state index contributed by atoms with van der Waals surface area (Å²) < 4.78 is 0. The fourth-order valence-corrected chi connectivity index (χ4v) is 2.42. The third-order valence-electron chi connectivity index (χ3n) is 3.37. The third kappa shape index (κ3) is 3.27. The lowest BCUT2D eigenvalue weighted by Gasteiger charge is -2.29. The molecule has 0 aliphatic heterocycles. The van der Waals surface area contributed by atoms with Gasteiger partial charge in [0.15, 0.2) is 0 Å². The van der Waals surface area contributed by atoms with E-state index in [0.717, 1.165) is 31.2 Å². The molecule has 92 valence electrons. The lowest BCUT2D eigenvalue weighted by atomic mass is 9.84. The minimum atomic E-state index is -0.673. The normalized spacial score (nSPS) is 24.5. The Kier molecular flexibility index (Phi) is 4.09. The van der Waals surface area contributed by atoms with Crippen LogP contribution in [-0.2, 0) is 11.3 Å². The quantitative estimate of drug-likeness (QED) is 0.834. The van der Waals surface area contributed by atoms with Crippen molar-refractivity contribution < 1.29 is 9.90 Å². The van der Waals surface area contributed by atoms with Crippen molar-refractivity contribution in [1.82, 2.24) is 10.3 Å². The largest absolute Gasteiger partial charge is 0.481 e. The Balaban J connectivity index is 1.90. The van der Waals surface area contributed by atoms with Gasteiger partial charge in [-0.3, -0.25) is 9.78 Å². The summed E-state index contributed by atoms with van der Waals surface area (Å²) in [6.07, 6.45) is 7.45. The monoisotopic (exact) mass is 234 g/mol. The Morgan fingerprint density at radius 2 is 2.29 bits per heavy atom. The van der Waals surface area contributed by atoms with Gasteiger partial charge in [-0.1, -0.05) is 18.9 Å². The molecule has 17 heavy (non-hydrogen) atoms. The van der Waals surface area contributed by atoms with Crippen molar-refractivity contribution in [3.05, 3.63) is 30.1 Å². The van der Waals surface area contributed by atoms with E-state index in [1.807, 2.05) is 18.3 Å². The topological polar surface area (TPSA) is 62.2 Å². The summed E-state index contributed by atoms with van der Waals surface area (Å²) in [6, 6.07) is 3.99. The number of pyridine rings is 1. The number of nitrogens with zero attached hydrogens (tertiary/aromatic N) is 1. The highest BCUT2D eigenvalue weighted by atomic mass is 16.4. The molecule has 0 bridgehead atoms. The lowest BCUT2D eigenvalue weighted by Crippen LogP contribution is -2.41. The number of aliphatic carboxylic acids is 1. The number of carboxylic acids is 1. The van der Waals surface area contributed by atoms with Crippen LogP contribution in [0.2, 0.25) is 0 Å². The molecule has 1 aliphatic rings. The first-order chi connectivity index (χ1) is 8.27. The smallest absolute Gasteiger partial charge is 0.308 e. The van der Waals surface area contributed by atoms with E-state index >= 15 is 0 Å². The summed E-state index contributed by atoms with van der Waals surface area (Å²) >= 11 is 0. The van der Waals surface area contributed by atoms with E-state index in [9.17, 15) is 4.79 Å². The van der Waals surface area contributed by atoms with Crippen molar-refractivity contribution in [2.24, 2.45) is 5.92 Å². The van der Waals surface area contributed by atoms with Gasteiger partial charge < -0.3 is 10.4 Å². The predicted molar refractivity (Wildman–Crippen MR) is 64.5 cm³/mol. The maximum absolute atomic E-state index is 11.1. The minimum absolute atomic E-state index is 0.0986. The standard InChI is InChI=1S/C13H18N2O2/c16-13(17)11-5-1-2-6-12(11)15-9-10-4-3-7-14-8-10/h3-4,7-8,11-12,15H,1-2,5-6,9H2,(H,16,17). The van der Waals surface area contributed by atoms with Gasteiger partial charge >= 0.3 is 5.97 Å².